The molecule has 32 heavy (non-hydrogen) atoms. The molecule has 1 saturated carbocycles. The lowest BCUT2D eigenvalue weighted by molar-refractivity contribution is 0.126. The predicted octanol–water partition coefficient (Wildman–Crippen LogP) is 3.40. The molecule has 0 radical (unpaired) electrons. The summed E-state index contributed by atoms with van der Waals surface area (Å²) >= 11 is 0. The molecule has 1 aliphatic carbocycles. The third-order valence-electron chi connectivity index (χ3n) is 6.72. The van der Waals surface area contributed by atoms with Crippen molar-refractivity contribution >= 4 is 5.82 Å². The highest BCUT2D eigenvalue weighted by atomic mass is 19.1. The van der Waals surface area contributed by atoms with Crippen molar-refractivity contribution in [1.82, 2.24) is 20.1 Å². The Morgan fingerprint density at radius 2 is 2.03 bits per heavy atom. The standard InChI is InChI=1S/C24H26FN5O2/c1-29-13-16-10-19(29)23(25)24(16)30(2)21-7-6-18(27-28-21)17-5-4-14(11-20(17)31)15-8-9-26-22(12-15)32-3/h4-9,11-12,16,19,23-24,31H,10,13H2,1-3H3/t16-,19-,23+,24-/m1/s1/i3D3. The Kier molecular flexibility index (Phi) is 4.34. The van der Waals surface area contributed by atoms with E-state index in [9.17, 15) is 9.50 Å². The Morgan fingerprint density at radius 3 is 2.72 bits per heavy atom. The van der Waals surface area contributed by atoms with Crippen LogP contribution in [0.4, 0.5) is 10.2 Å². The SMILES string of the molecule is [2H]C([2H])([2H])Oc1cc(-c2ccc(-c3ccc(N(C)[C@@H]4[C@@H]5C[C@H]([C@@H]4F)N(C)C5)nn3)c(O)c2)ccn1. The van der Waals surface area contributed by atoms with E-state index in [4.69, 9.17) is 8.85 Å². The van der Waals surface area contributed by atoms with Crippen LogP contribution < -0.4 is 9.64 Å². The Morgan fingerprint density at radius 1 is 1.19 bits per heavy atom. The molecule has 0 amide bonds. The zero-order chi connectivity index (χ0) is 24.9. The van der Waals surface area contributed by atoms with Gasteiger partial charge in [-0.05, 0) is 60.8 Å². The number of alkyl halides is 1. The number of phenolic OH excluding ortho intramolecular Hbond substituents is 1. The van der Waals surface area contributed by atoms with Gasteiger partial charge in [-0.3, -0.25) is 0 Å². The molecule has 1 aliphatic heterocycles. The van der Waals surface area contributed by atoms with Crippen molar-refractivity contribution in [2.45, 2.75) is 24.7 Å². The van der Waals surface area contributed by atoms with E-state index < -0.39 is 13.2 Å². The lowest BCUT2D eigenvalue weighted by Crippen LogP contribution is -2.51. The maximum atomic E-state index is 14.9. The molecule has 3 heterocycles. The van der Waals surface area contributed by atoms with E-state index in [-0.39, 0.29) is 29.6 Å². The molecule has 1 N–H and O–H groups in total. The number of aromatic hydroxyl groups is 1. The van der Waals surface area contributed by atoms with E-state index in [1.807, 2.05) is 19.0 Å². The van der Waals surface area contributed by atoms with E-state index in [1.165, 1.54) is 12.3 Å². The Labute approximate surface area is 190 Å². The van der Waals surface area contributed by atoms with E-state index in [0.717, 1.165) is 13.0 Å². The fourth-order valence-electron chi connectivity index (χ4n) is 5.09. The van der Waals surface area contributed by atoms with Gasteiger partial charge in [0.25, 0.3) is 0 Å². The molecule has 2 fully saturated rings. The Balaban J connectivity index is 1.34. The van der Waals surface area contributed by atoms with Gasteiger partial charge < -0.3 is 19.6 Å². The molecular formula is C24H26FN5O2. The number of phenols is 1. The van der Waals surface area contributed by atoms with E-state index in [0.29, 0.717) is 28.2 Å². The first-order chi connectivity index (χ1) is 16.6. The number of fused-ring (bicyclic) bond motifs is 2. The van der Waals surface area contributed by atoms with Gasteiger partial charge in [-0.1, -0.05) is 6.07 Å². The molecule has 8 heteroatoms. The number of benzene rings is 1. The van der Waals surface area contributed by atoms with Crippen LogP contribution in [0, 0.1) is 5.92 Å². The van der Waals surface area contributed by atoms with Gasteiger partial charge in [0.1, 0.15) is 11.9 Å². The van der Waals surface area contributed by atoms with Gasteiger partial charge in [0, 0.05) is 37.5 Å². The van der Waals surface area contributed by atoms with Crippen LogP contribution in [0.25, 0.3) is 22.4 Å². The van der Waals surface area contributed by atoms with Crippen molar-refractivity contribution in [3.8, 4) is 34.0 Å². The third-order valence-corrected chi connectivity index (χ3v) is 6.72. The van der Waals surface area contributed by atoms with E-state index in [2.05, 4.69) is 20.1 Å². The van der Waals surface area contributed by atoms with Gasteiger partial charge in [0.15, 0.2) is 5.82 Å². The van der Waals surface area contributed by atoms with E-state index in [1.54, 1.807) is 36.4 Å². The third kappa shape index (κ3) is 3.44. The average molecular weight is 439 g/mol. The van der Waals surface area contributed by atoms with E-state index >= 15 is 0 Å². The minimum atomic E-state index is -2.60. The first kappa shape index (κ1) is 17.3. The normalized spacial score (nSPS) is 26.4. The van der Waals surface area contributed by atoms with Crippen molar-refractivity contribution < 1.29 is 18.3 Å². The highest BCUT2D eigenvalue weighted by molar-refractivity contribution is 5.74. The number of halogens is 1. The topological polar surface area (TPSA) is 74.6 Å². The molecular weight excluding hydrogens is 409 g/mol. The van der Waals surface area contributed by atoms with Gasteiger partial charge in [-0.25, -0.2) is 9.37 Å². The number of hydrogen-bond acceptors (Lipinski definition) is 7. The van der Waals surface area contributed by atoms with Crippen LogP contribution in [0.1, 0.15) is 10.5 Å². The van der Waals surface area contributed by atoms with Crippen molar-refractivity contribution in [3.63, 3.8) is 0 Å². The summed E-state index contributed by atoms with van der Waals surface area (Å²) in [5, 5.41) is 19.3. The highest BCUT2D eigenvalue weighted by Crippen LogP contribution is 2.42. The van der Waals surface area contributed by atoms with Crippen LogP contribution in [-0.4, -0.2) is 71.1 Å². The molecule has 2 bridgehead atoms. The van der Waals surface area contributed by atoms with Crippen LogP contribution in [-0.2, 0) is 0 Å². The second-order valence-electron chi connectivity index (χ2n) is 8.54. The number of piperidine rings is 1. The minimum Gasteiger partial charge on any atom is -0.507 e. The lowest BCUT2D eigenvalue weighted by Gasteiger charge is -2.37. The molecule has 2 aliphatic rings. The minimum absolute atomic E-state index is 0.00651. The summed E-state index contributed by atoms with van der Waals surface area (Å²) in [4.78, 5) is 7.89. The highest BCUT2D eigenvalue weighted by Gasteiger charge is 2.52. The van der Waals surface area contributed by atoms with Crippen LogP contribution in [0.2, 0.25) is 0 Å². The van der Waals surface area contributed by atoms with Crippen LogP contribution in [0.15, 0.2) is 48.7 Å². The number of rotatable bonds is 5. The molecule has 166 valence electrons. The lowest BCUT2D eigenvalue weighted by atomic mass is 10.00. The number of ether oxygens (including phenoxy) is 1. The average Bonchev–Trinajstić information content (AvgIpc) is 3.34. The van der Waals surface area contributed by atoms with Crippen molar-refractivity contribution in [1.29, 1.82) is 0 Å². The number of nitrogens with zero attached hydrogens (tertiary/aromatic N) is 5. The quantitative estimate of drug-likeness (QED) is 0.654. The molecule has 0 spiro atoms. The zero-order valence-electron chi connectivity index (χ0n) is 20.8. The molecule has 1 aromatic carbocycles. The summed E-state index contributed by atoms with van der Waals surface area (Å²) in [6.45, 7) is 0.882. The summed E-state index contributed by atoms with van der Waals surface area (Å²) in [6, 6.07) is 11.5. The maximum Gasteiger partial charge on any atom is 0.213 e. The molecule has 5 rings (SSSR count). The van der Waals surface area contributed by atoms with Gasteiger partial charge >= 0.3 is 0 Å². The first-order valence-corrected chi connectivity index (χ1v) is 10.5. The fraction of sp³-hybridized carbons (Fsp3) is 0.375. The predicted molar refractivity (Wildman–Crippen MR) is 121 cm³/mol. The Bertz CT molecular complexity index is 1220. The van der Waals surface area contributed by atoms with Crippen LogP contribution >= 0.6 is 0 Å². The number of aromatic nitrogens is 3. The molecule has 4 atom stereocenters. The molecule has 0 unspecified atom stereocenters. The number of methoxy groups -OCH3 is 1. The maximum absolute atomic E-state index is 14.9. The van der Waals surface area contributed by atoms with Gasteiger partial charge in [-0.15, -0.1) is 10.2 Å². The first-order valence-electron chi connectivity index (χ1n) is 12.0. The number of likely N-dealkylation sites (tertiary alicyclic amines) is 1. The Hall–Kier alpha value is -3.26. The van der Waals surface area contributed by atoms with Crippen molar-refractivity contribution in [2.75, 3.05) is 32.6 Å². The number of anilines is 1. The van der Waals surface area contributed by atoms with Crippen LogP contribution in [0.5, 0.6) is 11.6 Å². The van der Waals surface area contributed by atoms with Gasteiger partial charge in [-0.2, -0.15) is 0 Å². The second-order valence-corrected chi connectivity index (χ2v) is 8.54. The largest absolute Gasteiger partial charge is 0.507 e. The zero-order valence-corrected chi connectivity index (χ0v) is 17.8. The number of hydrogen-bond donors (Lipinski definition) is 1. The fourth-order valence-corrected chi connectivity index (χ4v) is 5.09. The second kappa shape index (κ2) is 8.02. The van der Waals surface area contributed by atoms with Gasteiger partial charge in [0.2, 0.25) is 5.88 Å². The molecule has 1 saturated heterocycles. The summed E-state index contributed by atoms with van der Waals surface area (Å²) in [5.41, 5.74) is 2.27. The summed E-state index contributed by atoms with van der Waals surface area (Å²) in [7, 11) is 1.22. The number of pyridine rings is 1. The summed E-state index contributed by atoms with van der Waals surface area (Å²) < 4.78 is 41.5. The smallest absolute Gasteiger partial charge is 0.213 e. The molecule has 3 aromatic rings. The van der Waals surface area contributed by atoms with Crippen LogP contribution in [0.3, 0.4) is 0 Å². The monoisotopic (exact) mass is 438 g/mol. The van der Waals surface area contributed by atoms with Gasteiger partial charge in [0.05, 0.1) is 22.9 Å². The molecule has 2 aromatic heterocycles. The summed E-state index contributed by atoms with van der Waals surface area (Å²) in [5.74, 6) is 0.815. The summed E-state index contributed by atoms with van der Waals surface area (Å²) in [6.07, 6.45) is 1.37. The van der Waals surface area contributed by atoms with Crippen molar-refractivity contribution in [2.24, 2.45) is 5.92 Å². The molecule has 7 nitrogen and oxygen atoms in total. The van der Waals surface area contributed by atoms with Crippen molar-refractivity contribution in [3.05, 3.63) is 48.7 Å².